The first-order valence-electron chi connectivity index (χ1n) is 10.0. The SMILES string of the molecule is CCCNC(=O)CN(C)C(=O)[C@H](Cc1ccccc1)NC(=O)OCc1ccccc1. The van der Waals surface area contributed by atoms with Crippen molar-refractivity contribution in [2.24, 2.45) is 0 Å². The Kier molecular flexibility index (Phi) is 9.37. The summed E-state index contributed by atoms with van der Waals surface area (Å²) in [6.45, 7) is 2.54. The van der Waals surface area contributed by atoms with Crippen LogP contribution in [0, 0.1) is 0 Å². The smallest absolute Gasteiger partial charge is 0.408 e. The molecule has 1 atom stereocenters. The van der Waals surface area contributed by atoms with E-state index in [0.29, 0.717) is 13.0 Å². The van der Waals surface area contributed by atoms with Crippen LogP contribution in [0.3, 0.4) is 0 Å². The lowest BCUT2D eigenvalue weighted by Gasteiger charge is -2.24. The highest BCUT2D eigenvalue weighted by atomic mass is 16.5. The minimum atomic E-state index is -0.848. The number of amides is 3. The van der Waals surface area contributed by atoms with E-state index in [0.717, 1.165) is 17.5 Å². The summed E-state index contributed by atoms with van der Waals surface area (Å²) >= 11 is 0. The van der Waals surface area contributed by atoms with Crippen molar-refractivity contribution < 1.29 is 19.1 Å². The van der Waals surface area contributed by atoms with E-state index in [9.17, 15) is 14.4 Å². The molecule has 2 aromatic carbocycles. The fourth-order valence-electron chi connectivity index (χ4n) is 2.84. The number of carbonyl (C=O) groups is 3. The molecule has 0 radical (unpaired) electrons. The number of alkyl carbamates (subject to hydrolysis) is 1. The van der Waals surface area contributed by atoms with E-state index in [2.05, 4.69) is 10.6 Å². The number of nitrogens with one attached hydrogen (secondary N) is 2. The van der Waals surface area contributed by atoms with Gasteiger partial charge in [0, 0.05) is 20.0 Å². The molecule has 0 aromatic heterocycles. The molecule has 7 nitrogen and oxygen atoms in total. The minimum absolute atomic E-state index is 0.0785. The average molecular weight is 412 g/mol. The average Bonchev–Trinajstić information content (AvgIpc) is 2.76. The minimum Gasteiger partial charge on any atom is -0.445 e. The van der Waals surface area contributed by atoms with E-state index in [4.69, 9.17) is 4.74 Å². The molecule has 0 bridgehead atoms. The van der Waals surface area contributed by atoms with Gasteiger partial charge in [0.05, 0.1) is 6.54 Å². The van der Waals surface area contributed by atoms with E-state index in [-0.39, 0.29) is 25.0 Å². The molecule has 0 aliphatic carbocycles. The van der Waals surface area contributed by atoms with E-state index in [1.807, 2.05) is 67.6 Å². The Balaban J connectivity index is 2.00. The lowest BCUT2D eigenvalue weighted by molar-refractivity contribution is -0.136. The molecule has 0 heterocycles. The van der Waals surface area contributed by atoms with Gasteiger partial charge in [-0.2, -0.15) is 0 Å². The third-order valence-corrected chi connectivity index (χ3v) is 4.41. The van der Waals surface area contributed by atoms with Crippen molar-refractivity contribution in [3.63, 3.8) is 0 Å². The second-order valence-electron chi connectivity index (χ2n) is 6.99. The second-order valence-corrected chi connectivity index (χ2v) is 6.99. The summed E-state index contributed by atoms with van der Waals surface area (Å²) in [5, 5.41) is 5.39. The first kappa shape index (κ1) is 22.9. The zero-order valence-electron chi connectivity index (χ0n) is 17.5. The maximum absolute atomic E-state index is 12.9. The van der Waals surface area contributed by atoms with Crippen LogP contribution in [-0.4, -0.2) is 49.0 Å². The molecule has 160 valence electrons. The first-order valence-corrected chi connectivity index (χ1v) is 10.0. The largest absolute Gasteiger partial charge is 0.445 e. The molecule has 2 aromatic rings. The molecule has 0 saturated carbocycles. The number of hydrogen-bond donors (Lipinski definition) is 2. The molecule has 7 heteroatoms. The number of benzene rings is 2. The lowest BCUT2D eigenvalue weighted by Crippen LogP contribution is -2.50. The summed E-state index contributed by atoms with van der Waals surface area (Å²) in [5.41, 5.74) is 1.74. The van der Waals surface area contributed by atoms with Crippen molar-refractivity contribution in [3.05, 3.63) is 71.8 Å². The van der Waals surface area contributed by atoms with Crippen LogP contribution in [0.4, 0.5) is 4.79 Å². The highest BCUT2D eigenvalue weighted by molar-refractivity contribution is 5.89. The summed E-state index contributed by atoms with van der Waals surface area (Å²) in [7, 11) is 1.54. The molecule has 30 heavy (non-hydrogen) atoms. The first-order chi connectivity index (χ1) is 14.5. The van der Waals surface area contributed by atoms with Gasteiger partial charge < -0.3 is 20.3 Å². The van der Waals surface area contributed by atoms with Gasteiger partial charge in [0.1, 0.15) is 12.6 Å². The van der Waals surface area contributed by atoms with Crippen LogP contribution in [0.2, 0.25) is 0 Å². The van der Waals surface area contributed by atoms with E-state index in [1.165, 1.54) is 4.90 Å². The zero-order chi connectivity index (χ0) is 21.8. The molecule has 0 aliphatic rings. The summed E-state index contributed by atoms with van der Waals surface area (Å²) < 4.78 is 5.26. The molecule has 0 spiro atoms. The van der Waals surface area contributed by atoms with Gasteiger partial charge in [-0.05, 0) is 17.5 Å². The number of rotatable bonds is 10. The molecular formula is C23H29N3O4. The molecule has 0 saturated heterocycles. The van der Waals surface area contributed by atoms with Crippen molar-refractivity contribution in [2.45, 2.75) is 32.4 Å². The van der Waals surface area contributed by atoms with Crippen molar-refractivity contribution in [1.82, 2.24) is 15.5 Å². The Morgan fingerprint density at radius 1 is 0.967 bits per heavy atom. The highest BCUT2D eigenvalue weighted by Crippen LogP contribution is 2.07. The van der Waals surface area contributed by atoms with Gasteiger partial charge >= 0.3 is 6.09 Å². The third kappa shape index (κ3) is 7.95. The highest BCUT2D eigenvalue weighted by Gasteiger charge is 2.26. The number of carbonyl (C=O) groups excluding carboxylic acids is 3. The summed E-state index contributed by atoms with van der Waals surface area (Å²) in [5.74, 6) is -0.597. The predicted molar refractivity (Wildman–Crippen MR) is 115 cm³/mol. The Bertz CT molecular complexity index is 812. The van der Waals surface area contributed by atoms with Crippen LogP contribution in [0.1, 0.15) is 24.5 Å². The van der Waals surface area contributed by atoms with Gasteiger partial charge in [-0.1, -0.05) is 67.6 Å². The van der Waals surface area contributed by atoms with Gasteiger partial charge in [-0.25, -0.2) is 4.79 Å². The van der Waals surface area contributed by atoms with Gasteiger partial charge in [0.15, 0.2) is 0 Å². The van der Waals surface area contributed by atoms with Crippen LogP contribution >= 0.6 is 0 Å². The number of hydrogen-bond acceptors (Lipinski definition) is 4. The Labute approximate surface area is 177 Å². The topological polar surface area (TPSA) is 87.7 Å². The lowest BCUT2D eigenvalue weighted by atomic mass is 10.0. The van der Waals surface area contributed by atoms with Gasteiger partial charge in [-0.15, -0.1) is 0 Å². The number of likely N-dealkylation sites (N-methyl/N-ethyl adjacent to an activating group) is 1. The number of nitrogens with zero attached hydrogens (tertiary/aromatic N) is 1. The molecule has 2 rings (SSSR count). The van der Waals surface area contributed by atoms with Crippen LogP contribution in [0.5, 0.6) is 0 Å². The van der Waals surface area contributed by atoms with E-state index >= 15 is 0 Å². The van der Waals surface area contributed by atoms with Crippen molar-refractivity contribution >= 4 is 17.9 Å². The third-order valence-electron chi connectivity index (χ3n) is 4.41. The fourth-order valence-corrected chi connectivity index (χ4v) is 2.84. The normalized spacial score (nSPS) is 11.3. The Hall–Kier alpha value is -3.35. The number of ether oxygens (including phenoxy) is 1. The monoisotopic (exact) mass is 411 g/mol. The van der Waals surface area contributed by atoms with Crippen LogP contribution in [0.25, 0.3) is 0 Å². The standard InChI is InChI=1S/C23H29N3O4/c1-3-14-24-21(27)16-26(2)22(28)20(15-18-10-6-4-7-11-18)25-23(29)30-17-19-12-8-5-9-13-19/h4-13,20H,3,14-17H2,1-2H3,(H,24,27)(H,25,29)/t20-/m0/s1. The van der Waals surface area contributed by atoms with Crippen molar-refractivity contribution in [1.29, 1.82) is 0 Å². The van der Waals surface area contributed by atoms with Crippen LogP contribution in [0.15, 0.2) is 60.7 Å². The quantitative estimate of drug-likeness (QED) is 0.629. The predicted octanol–water partition coefficient (Wildman–Crippen LogP) is 2.51. The maximum atomic E-state index is 12.9. The Morgan fingerprint density at radius 3 is 2.17 bits per heavy atom. The fraction of sp³-hybridized carbons (Fsp3) is 0.348. The molecule has 3 amide bonds. The maximum Gasteiger partial charge on any atom is 0.408 e. The van der Waals surface area contributed by atoms with E-state index in [1.54, 1.807) is 7.05 Å². The molecule has 0 aliphatic heterocycles. The van der Waals surface area contributed by atoms with Crippen LogP contribution < -0.4 is 10.6 Å². The van der Waals surface area contributed by atoms with Gasteiger partial charge in [0.25, 0.3) is 0 Å². The molecule has 0 unspecified atom stereocenters. The summed E-state index contributed by atoms with van der Waals surface area (Å²) in [6.07, 6.45) is 0.424. The van der Waals surface area contributed by atoms with Gasteiger partial charge in [-0.3, -0.25) is 9.59 Å². The zero-order valence-corrected chi connectivity index (χ0v) is 17.5. The van der Waals surface area contributed by atoms with Gasteiger partial charge in [0.2, 0.25) is 11.8 Å². The molecule has 0 fully saturated rings. The van der Waals surface area contributed by atoms with Crippen molar-refractivity contribution in [2.75, 3.05) is 20.1 Å². The van der Waals surface area contributed by atoms with E-state index < -0.39 is 12.1 Å². The second kappa shape index (κ2) is 12.3. The van der Waals surface area contributed by atoms with Crippen LogP contribution in [-0.2, 0) is 27.4 Å². The molecule has 2 N–H and O–H groups in total. The van der Waals surface area contributed by atoms with Crippen molar-refractivity contribution in [3.8, 4) is 0 Å². The summed E-state index contributed by atoms with van der Waals surface area (Å²) in [6, 6.07) is 17.8. The Morgan fingerprint density at radius 2 is 1.57 bits per heavy atom. The molecular weight excluding hydrogens is 382 g/mol. The summed E-state index contributed by atoms with van der Waals surface area (Å²) in [4.78, 5) is 38.5.